The van der Waals surface area contributed by atoms with Gasteiger partial charge in [0.1, 0.15) is 5.60 Å². The topological polar surface area (TPSA) is 138 Å². The van der Waals surface area contributed by atoms with Crippen molar-refractivity contribution in [3.63, 3.8) is 0 Å². The minimum Gasteiger partial charge on any atom is -0.480 e. The number of aliphatic carboxylic acids is 1. The van der Waals surface area contributed by atoms with Crippen molar-refractivity contribution < 1.29 is 29.3 Å². The molecule has 1 unspecified atom stereocenters. The quantitative estimate of drug-likeness (QED) is 0.543. The largest absolute Gasteiger partial charge is 0.480 e. The van der Waals surface area contributed by atoms with Gasteiger partial charge in [0.15, 0.2) is 11.0 Å². The Kier molecular flexibility index (Phi) is 9.41. The van der Waals surface area contributed by atoms with Crippen molar-refractivity contribution in [1.29, 1.82) is 0 Å². The standard InChI is InChI=1S/C18H21N3O6S.C2H6/c1-18(2,3)27-17(26)19-11-6-4-10(5-7-11)13-9-28-15(21-13)14(23)20-12(8-22)16(24)25;1-2/h4-7,9,12,22H,8H2,1-3H3,(H,19,26)(H,20,23)(H,24,25);1-2H3. The first kappa shape index (κ1) is 25.1. The Morgan fingerprint density at radius 2 is 1.77 bits per heavy atom. The monoisotopic (exact) mass is 437 g/mol. The molecule has 30 heavy (non-hydrogen) atoms. The second kappa shape index (κ2) is 11.3. The molecule has 1 atom stereocenters. The van der Waals surface area contributed by atoms with Crippen LogP contribution in [0.5, 0.6) is 0 Å². The number of hydrogen-bond donors (Lipinski definition) is 4. The molecule has 0 fully saturated rings. The van der Waals surface area contributed by atoms with Gasteiger partial charge in [-0.15, -0.1) is 11.3 Å². The number of aliphatic hydroxyl groups excluding tert-OH is 1. The molecule has 1 aromatic carbocycles. The Bertz CT molecular complexity index is 858. The molecule has 1 aromatic heterocycles. The lowest BCUT2D eigenvalue weighted by atomic mass is 10.1. The van der Waals surface area contributed by atoms with Gasteiger partial charge in [0.2, 0.25) is 0 Å². The molecular formula is C20H27N3O6S. The summed E-state index contributed by atoms with van der Waals surface area (Å²) in [5, 5.41) is 24.4. The first-order chi connectivity index (χ1) is 14.1. The summed E-state index contributed by atoms with van der Waals surface area (Å²) >= 11 is 1.05. The van der Waals surface area contributed by atoms with Crippen LogP contribution in [0.1, 0.15) is 44.4 Å². The second-order valence-corrected chi connectivity index (χ2v) is 7.65. The normalized spacial score (nSPS) is 11.5. The summed E-state index contributed by atoms with van der Waals surface area (Å²) in [7, 11) is 0. The van der Waals surface area contributed by atoms with Crippen molar-refractivity contribution in [2.24, 2.45) is 0 Å². The Morgan fingerprint density at radius 3 is 2.27 bits per heavy atom. The van der Waals surface area contributed by atoms with E-state index in [1.807, 2.05) is 13.8 Å². The summed E-state index contributed by atoms with van der Waals surface area (Å²) in [5.74, 6) is -2.01. The van der Waals surface area contributed by atoms with Crippen molar-refractivity contribution >= 4 is 35.0 Å². The number of benzene rings is 1. The van der Waals surface area contributed by atoms with Gasteiger partial charge in [0.05, 0.1) is 12.3 Å². The van der Waals surface area contributed by atoms with Gasteiger partial charge in [-0.1, -0.05) is 26.0 Å². The number of nitrogens with zero attached hydrogens (tertiary/aromatic N) is 1. The van der Waals surface area contributed by atoms with Crippen LogP contribution in [-0.4, -0.2) is 51.4 Å². The third kappa shape index (κ3) is 7.80. The minimum atomic E-state index is -1.39. The molecule has 0 bridgehead atoms. The number of amides is 2. The number of thiazole rings is 1. The molecule has 1 heterocycles. The highest BCUT2D eigenvalue weighted by atomic mass is 32.1. The van der Waals surface area contributed by atoms with Crippen LogP contribution in [0.2, 0.25) is 0 Å². The van der Waals surface area contributed by atoms with E-state index in [0.29, 0.717) is 16.9 Å². The zero-order chi connectivity index (χ0) is 22.9. The van der Waals surface area contributed by atoms with Crippen LogP contribution in [0.4, 0.5) is 10.5 Å². The van der Waals surface area contributed by atoms with Gasteiger partial charge >= 0.3 is 12.1 Å². The number of rotatable bonds is 6. The number of carboxylic acid groups (broad SMARTS) is 1. The van der Waals surface area contributed by atoms with Crippen molar-refractivity contribution in [2.45, 2.75) is 46.3 Å². The fourth-order valence-electron chi connectivity index (χ4n) is 2.06. The molecule has 0 saturated heterocycles. The molecule has 0 aliphatic carbocycles. The highest BCUT2D eigenvalue weighted by Gasteiger charge is 2.21. The summed E-state index contributed by atoms with van der Waals surface area (Å²) in [4.78, 5) is 38.9. The van der Waals surface area contributed by atoms with E-state index in [0.717, 1.165) is 11.3 Å². The van der Waals surface area contributed by atoms with E-state index in [-0.39, 0.29) is 5.01 Å². The number of carbonyl (C=O) groups is 3. The van der Waals surface area contributed by atoms with Gasteiger partial charge in [-0.3, -0.25) is 10.1 Å². The molecule has 10 heteroatoms. The van der Waals surface area contributed by atoms with Crippen molar-refractivity contribution in [3.05, 3.63) is 34.7 Å². The number of carbonyl (C=O) groups excluding carboxylic acids is 2. The van der Waals surface area contributed by atoms with E-state index in [9.17, 15) is 14.4 Å². The molecule has 9 nitrogen and oxygen atoms in total. The highest BCUT2D eigenvalue weighted by molar-refractivity contribution is 7.12. The number of ether oxygens (including phenoxy) is 1. The van der Waals surface area contributed by atoms with Gasteiger partial charge in [-0.2, -0.15) is 0 Å². The van der Waals surface area contributed by atoms with Crippen molar-refractivity contribution in [1.82, 2.24) is 10.3 Å². The number of anilines is 1. The van der Waals surface area contributed by atoms with Gasteiger partial charge < -0.3 is 20.3 Å². The average Bonchev–Trinajstić information content (AvgIpc) is 3.16. The van der Waals surface area contributed by atoms with Crippen molar-refractivity contribution in [2.75, 3.05) is 11.9 Å². The van der Waals surface area contributed by atoms with Crippen LogP contribution < -0.4 is 10.6 Å². The van der Waals surface area contributed by atoms with Gasteiger partial charge in [-0.05, 0) is 32.9 Å². The molecule has 2 rings (SSSR count). The predicted octanol–water partition coefficient (Wildman–Crippen LogP) is 3.36. The number of nitrogens with one attached hydrogen (secondary N) is 2. The Hall–Kier alpha value is -2.98. The lowest BCUT2D eigenvalue weighted by Gasteiger charge is -2.19. The van der Waals surface area contributed by atoms with Crippen molar-refractivity contribution in [3.8, 4) is 11.3 Å². The maximum absolute atomic E-state index is 12.1. The Labute approximate surface area is 179 Å². The first-order valence-corrected chi connectivity index (χ1v) is 10.2. The molecule has 0 aliphatic heterocycles. The minimum absolute atomic E-state index is 0.0747. The predicted molar refractivity (Wildman–Crippen MR) is 115 cm³/mol. The smallest absolute Gasteiger partial charge is 0.412 e. The van der Waals surface area contributed by atoms with Gasteiger partial charge in [0.25, 0.3) is 5.91 Å². The van der Waals surface area contributed by atoms with Crippen LogP contribution in [0, 0.1) is 0 Å². The fourth-order valence-corrected chi connectivity index (χ4v) is 2.79. The van der Waals surface area contributed by atoms with E-state index < -0.39 is 36.2 Å². The van der Waals surface area contributed by atoms with Gasteiger partial charge in [0, 0.05) is 16.6 Å². The molecule has 2 amide bonds. The first-order valence-electron chi connectivity index (χ1n) is 9.29. The van der Waals surface area contributed by atoms with Crippen LogP contribution in [0.3, 0.4) is 0 Å². The lowest BCUT2D eigenvalue weighted by Crippen LogP contribution is -2.43. The molecule has 0 saturated carbocycles. The number of hydrogen-bond acceptors (Lipinski definition) is 7. The summed E-state index contributed by atoms with van der Waals surface area (Å²) in [5.41, 5.74) is 1.17. The maximum Gasteiger partial charge on any atom is 0.412 e. The molecule has 2 aromatic rings. The van der Waals surface area contributed by atoms with E-state index in [2.05, 4.69) is 15.6 Å². The average molecular weight is 438 g/mol. The molecule has 0 spiro atoms. The molecule has 0 radical (unpaired) electrons. The maximum atomic E-state index is 12.1. The number of aliphatic hydroxyl groups is 1. The lowest BCUT2D eigenvalue weighted by molar-refractivity contribution is -0.140. The Balaban J connectivity index is 0.00000218. The summed E-state index contributed by atoms with van der Waals surface area (Å²) in [6.45, 7) is 8.59. The molecular weight excluding hydrogens is 410 g/mol. The zero-order valence-electron chi connectivity index (χ0n) is 17.6. The molecule has 0 aliphatic rings. The van der Waals surface area contributed by atoms with Crippen LogP contribution in [0.25, 0.3) is 11.3 Å². The summed E-state index contributed by atoms with van der Waals surface area (Å²) in [6.07, 6.45) is -0.565. The van der Waals surface area contributed by atoms with Crippen LogP contribution in [0.15, 0.2) is 29.6 Å². The SMILES string of the molecule is CC.CC(C)(C)OC(=O)Nc1ccc(-c2csc(C(=O)NC(CO)C(=O)O)n2)cc1. The number of carboxylic acids is 1. The molecule has 4 N–H and O–H groups in total. The van der Waals surface area contributed by atoms with E-state index >= 15 is 0 Å². The van der Waals surface area contributed by atoms with Crippen LogP contribution >= 0.6 is 11.3 Å². The molecule has 164 valence electrons. The van der Waals surface area contributed by atoms with E-state index in [4.69, 9.17) is 14.9 Å². The Morgan fingerprint density at radius 1 is 1.17 bits per heavy atom. The van der Waals surface area contributed by atoms with Gasteiger partial charge in [-0.25, -0.2) is 14.6 Å². The number of aromatic nitrogens is 1. The third-order valence-electron chi connectivity index (χ3n) is 3.31. The van der Waals surface area contributed by atoms with E-state index in [1.165, 1.54) is 0 Å². The summed E-state index contributed by atoms with van der Waals surface area (Å²) in [6, 6.07) is 5.39. The summed E-state index contributed by atoms with van der Waals surface area (Å²) < 4.78 is 5.18. The van der Waals surface area contributed by atoms with E-state index in [1.54, 1.807) is 50.4 Å². The third-order valence-corrected chi connectivity index (χ3v) is 4.15. The van der Waals surface area contributed by atoms with Crippen LogP contribution in [-0.2, 0) is 9.53 Å². The highest BCUT2D eigenvalue weighted by Crippen LogP contribution is 2.24. The fraction of sp³-hybridized carbons (Fsp3) is 0.400. The zero-order valence-corrected chi connectivity index (χ0v) is 18.4. The second-order valence-electron chi connectivity index (χ2n) is 6.79.